The quantitative estimate of drug-likeness (QED) is 0.474. The molecule has 0 heterocycles. The van der Waals surface area contributed by atoms with Gasteiger partial charge in [-0.1, -0.05) is 12.1 Å². The third-order valence-electron chi connectivity index (χ3n) is 1.68. The lowest BCUT2D eigenvalue weighted by Crippen LogP contribution is -2.16. The van der Waals surface area contributed by atoms with Crippen molar-refractivity contribution in [2.24, 2.45) is 5.10 Å². The van der Waals surface area contributed by atoms with Gasteiger partial charge in [-0.2, -0.15) is 5.10 Å². The summed E-state index contributed by atoms with van der Waals surface area (Å²) in [6, 6.07) is 6.04. The Kier molecular flexibility index (Phi) is 3.96. The normalized spacial score (nSPS) is 10.1. The van der Waals surface area contributed by atoms with Gasteiger partial charge in [0.2, 0.25) is 0 Å². The number of ether oxygens (including phenoxy) is 1. The maximum atomic E-state index is 10.6. The maximum Gasteiger partial charge on any atom is 0.427 e. The molecule has 0 unspecified atom stereocenters. The zero-order chi connectivity index (χ0) is 12.0. The molecule has 0 atom stereocenters. The van der Waals surface area contributed by atoms with E-state index in [1.165, 1.54) is 25.5 Å². The molecule has 0 aliphatic rings. The van der Waals surface area contributed by atoms with Crippen molar-refractivity contribution in [1.29, 1.82) is 0 Å². The molecule has 16 heavy (non-hydrogen) atoms. The van der Waals surface area contributed by atoms with Crippen LogP contribution in [0.4, 0.5) is 10.5 Å². The SMILES string of the molecule is COC(=O)N/N=C/c1ccccc1[N+](=O)[O-]. The minimum Gasteiger partial charge on any atom is -0.452 e. The number of nitro groups is 1. The lowest BCUT2D eigenvalue weighted by molar-refractivity contribution is -0.385. The highest BCUT2D eigenvalue weighted by Gasteiger charge is 2.09. The van der Waals surface area contributed by atoms with Crippen molar-refractivity contribution in [1.82, 2.24) is 5.43 Å². The van der Waals surface area contributed by atoms with Gasteiger partial charge in [-0.15, -0.1) is 0 Å². The van der Waals surface area contributed by atoms with E-state index in [1.807, 2.05) is 5.43 Å². The molecule has 7 heteroatoms. The van der Waals surface area contributed by atoms with E-state index >= 15 is 0 Å². The van der Waals surface area contributed by atoms with Crippen molar-refractivity contribution in [3.63, 3.8) is 0 Å². The average molecular weight is 223 g/mol. The van der Waals surface area contributed by atoms with Gasteiger partial charge >= 0.3 is 6.09 Å². The molecule has 0 aliphatic carbocycles. The summed E-state index contributed by atoms with van der Waals surface area (Å²) in [5.74, 6) is 0. The second-order valence-electron chi connectivity index (χ2n) is 2.68. The Morgan fingerprint density at radius 2 is 2.25 bits per heavy atom. The molecular formula is C9H9N3O4. The van der Waals surface area contributed by atoms with E-state index in [2.05, 4.69) is 9.84 Å². The molecule has 1 rings (SSSR count). The van der Waals surface area contributed by atoms with Crippen LogP contribution in [0.1, 0.15) is 5.56 Å². The minimum atomic E-state index is -0.741. The number of hydrogen-bond acceptors (Lipinski definition) is 5. The number of nitrogens with zero attached hydrogens (tertiary/aromatic N) is 2. The van der Waals surface area contributed by atoms with Gasteiger partial charge in [-0.05, 0) is 6.07 Å². The number of carbonyl (C=O) groups is 1. The van der Waals surface area contributed by atoms with Gasteiger partial charge in [0.05, 0.1) is 23.8 Å². The third-order valence-corrected chi connectivity index (χ3v) is 1.68. The number of amides is 1. The Morgan fingerprint density at radius 1 is 1.56 bits per heavy atom. The molecule has 1 aromatic rings. The van der Waals surface area contributed by atoms with Crippen LogP contribution in [0.5, 0.6) is 0 Å². The van der Waals surface area contributed by atoms with Crippen LogP contribution in [-0.4, -0.2) is 24.3 Å². The monoisotopic (exact) mass is 223 g/mol. The fourth-order valence-corrected chi connectivity index (χ4v) is 0.963. The van der Waals surface area contributed by atoms with Gasteiger partial charge < -0.3 is 4.74 Å². The second-order valence-corrected chi connectivity index (χ2v) is 2.68. The Balaban J connectivity index is 2.80. The number of carbonyl (C=O) groups excluding carboxylic acids is 1. The number of methoxy groups -OCH3 is 1. The second kappa shape index (κ2) is 5.44. The van der Waals surface area contributed by atoms with E-state index in [9.17, 15) is 14.9 Å². The smallest absolute Gasteiger partial charge is 0.427 e. The Labute approximate surface area is 90.9 Å². The van der Waals surface area contributed by atoms with Gasteiger partial charge in [0.25, 0.3) is 5.69 Å². The van der Waals surface area contributed by atoms with Gasteiger partial charge in [0.15, 0.2) is 0 Å². The van der Waals surface area contributed by atoms with Gasteiger partial charge in [-0.3, -0.25) is 10.1 Å². The highest BCUT2D eigenvalue weighted by Crippen LogP contribution is 2.14. The molecule has 1 N–H and O–H groups in total. The first-order chi connectivity index (χ1) is 7.65. The van der Waals surface area contributed by atoms with Crippen molar-refractivity contribution >= 4 is 18.0 Å². The lowest BCUT2D eigenvalue weighted by atomic mass is 10.2. The Hall–Kier alpha value is -2.44. The summed E-state index contributed by atoms with van der Waals surface area (Å²) >= 11 is 0. The zero-order valence-electron chi connectivity index (χ0n) is 8.41. The molecule has 7 nitrogen and oxygen atoms in total. The van der Waals surface area contributed by atoms with Crippen LogP contribution in [0.2, 0.25) is 0 Å². The molecule has 0 radical (unpaired) electrons. The van der Waals surface area contributed by atoms with Gasteiger partial charge in [0.1, 0.15) is 0 Å². The first kappa shape index (κ1) is 11.6. The van der Waals surface area contributed by atoms with E-state index in [1.54, 1.807) is 12.1 Å². The number of nitro benzene ring substituents is 1. The number of nitrogens with one attached hydrogen (secondary N) is 1. The molecule has 1 aromatic carbocycles. The summed E-state index contributed by atoms with van der Waals surface area (Å²) in [6.07, 6.45) is 0.435. The fourth-order valence-electron chi connectivity index (χ4n) is 0.963. The topological polar surface area (TPSA) is 93.8 Å². The number of rotatable bonds is 3. The number of hydrogen-bond donors (Lipinski definition) is 1. The molecule has 0 spiro atoms. The first-order valence-electron chi connectivity index (χ1n) is 4.25. The van der Waals surface area contributed by atoms with Crippen LogP contribution < -0.4 is 5.43 Å². The highest BCUT2D eigenvalue weighted by atomic mass is 16.6. The van der Waals surface area contributed by atoms with Crippen LogP contribution in [0.3, 0.4) is 0 Å². The molecular weight excluding hydrogens is 214 g/mol. The van der Waals surface area contributed by atoms with E-state index < -0.39 is 11.0 Å². The fraction of sp³-hybridized carbons (Fsp3) is 0.111. The van der Waals surface area contributed by atoms with Crippen molar-refractivity contribution in [2.45, 2.75) is 0 Å². The van der Waals surface area contributed by atoms with Crippen LogP contribution >= 0.6 is 0 Å². The Morgan fingerprint density at radius 3 is 2.88 bits per heavy atom. The van der Waals surface area contributed by atoms with E-state index in [0.29, 0.717) is 5.56 Å². The van der Waals surface area contributed by atoms with Crippen molar-refractivity contribution in [3.8, 4) is 0 Å². The number of benzene rings is 1. The molecule has 0 saturated carbocycles. The highest BCUT2D eigenvalue weighted by molar-refractivity contribution is 5.85. The average Bonchev–Trinajstić information content (AvgIpc) is 2.29. The van der Waals surface area contributed by atoms with E-state index in [0.717, 1.165) is 0 Å². The summed E-state index contributed by atoms with van der Waals surface area (Å²) in [4.78, 5) is 20.7. The molecule has 0 aliphatic heterocycles. The number of hydrazone groups is 1. The molecule has 0 bridgehead atoms. The summed E-state index contributed by atoms with van der Waals surface area (Å²) in [7, 11) is 1.19. The number of para-hydroxylation sites is 1. The summed E-state index contributed by atoms with van der Waals surface area (Å²) in [6.45, 7) is 0. The predicted molar refractivity (Wildman–Crippen MR) is 56.2 cm³/mol. The third kappa shape index (κ3) is 3.05. The molecule has 84 valence electrons. The van der Waals surface area contributed by atoms with Crippen LogP contribution in [-0.2, 0) is 4.74 Å². The Bertz CT molecular complexity index is 431. The van der Waals surface area contributed by atoms with Crippen molar-refractivity contribution in [2.75, 3.05) is 7.11 Å². The first-order valence-corrected chi connectivity index (χ1v) is 4.25. The molecule has 0 saturated heterocycles. The van der Waals surface area contributed by atoms with E-state index in [4.69, 9.17) is 0 Å². The van der Waals surface area contributed by atoms with Gasteiger partial charge in [-0.25, -0.2) is 10.2 Å². The predicted octanol–water partition coefficient (Wildman–Crippen LogP) is 1.28. The van der Waals surface area contributed by atoms with E-state index in [-0.39, 0.29) is 5.69 Å². The molecule has 0 fully saturated rings. The molecule has 0 aromatic heterocycles. The van der Waals surface area contributed by atoms with Crippen molar-refractivity contribution < 1.29 is 14.5 Å². The summed E-state index contributed by atoms with van der Waals surface area (Å²) in [5.41, 5.74) is 2.24. The largest absolute Gasteiger partial charge is 0.452 e. The van der Waals surface area contributed by atoms with Crippen LogP contribution in [0, 0.1) is 10.1 Å². The van der Waals surface area contributed by atoms with Crippen LogP contribution in [0.25, 0.3) is 0 Å². The molecule has 1 amide bonds. The zero-order valence-corrected chi connectivity index (χ0v) is 8.41. The summed E-state index contributed by atoms with van der Waals surface area (Å²) in [5, 5.41) is 14.1. The summed E-state index contributed by atoms with van der Waals surface area (Å²) < 4.78 is 4.27. The maximum absolute atomic E-state index is 10.6. The standard InChI is InChI=1S/C9H9N3O4/c1-16-9(13)11-10-6-7-4-2-3-5-8(7)12(14)15/h2-6H,1H3,(H,11,13)/b10-6+. The lowest BCUT2D eigenvalue weighted by Gasteiger charge is -1.97. The van der Waals surface area contributed by atoms with Crippen LogP contribution in [0.15, 0.2) is 29.4 Å². The van der Waals surface area contributed by atoms with Gasteiger partial charge in [0, 0.05) is 6.07 Å². The van der Waals surface area contributed by atoms with Crippen molar-refractivity contribution in [3.05, 3.63) is 39.9 Å². The minimum absolute atomic E-state index is 0.0853.